The second kappa shape index (κ2) is 5.84. The first-order valence-corrected chi connectivity index (χ1v) is 7.10. The number of halogens is 1. The fourth-order valence-corrected chi connectivity index (χ4v) is 2.77. The van der Waals surface area contributed by atoms with Crippen molar-refractivity contribution in [1.82, 2.24) is 4.98 Å². The summed E-state index contributed by atoms with van der Waals surface area (Å²) in [6.45, 7) is 1.11. The zero-order valence-electron chi connectivity index (χ0n) is 11.7. The molecule has 1 aromatic heterocycles. The Kier molecular flexibility index (Phi) is 3.90. The van der Waals surface area contributed by atoms with Crippen LogP contribution in [0.5, 0.6) is 0 Å². The predicted molar refractivity (Wildman–Crippen MR) is 81.8 cm³/mol. The van der Waals surface area contributed by atoms with Gasteiger partial charge in [0.15, 0.2) is 0 Å². The number of hydrogen-bond donors (Lipinski definition) is 0. The Bertz CT molecular complexity index is 688. The molecule has 2 aromatic rings. The number of rotatable bonds is 3. The maximum Gasteiger partial charge on any atom is 0.258 e. The lowest BCUT2D eigenvalue weighted by Crippen LogP contribution is -2.37. The zero-order valence-corrected chi connectivity index (χ0v) is 12.4. The van der Waals surface area contributed by atoms with Gasteiger partial charge in [0.25, 0.3) is 5.91 Å². The van der Waals surface area contributed by atoms with E-state index in [4.69, 9.17) is 16.3 Å². The molecule has 3 rings (SSSR count). The van der Waals surface area contributed by atoms with Gasteiger partial charge in [0.05, 0.1) is 18.5 Å². The number of methoxy groups -OCH3 is 1. The molecule has 1 aliphatic heterocycles. The standard InChI is InChI=1S/C16H15ClN2O2/c1-21-10-11-6-14(9-18-8-11)19-5-4-12-7-13(17)2-3-15(12)16(19)20/h2-3,6-9H,4-5,10H2,1H3. The molecule has 2 heterocycles. The van der Waals surface area contributed by atoms with Gasteiger partial charge < -0.3 is 9.64 Å². The van der Waals surface area contributed by atoms with E-state index in [1.54, 1.807) is 36.5 Å². The van der Waals surface area contributed by atoms with E-state index in [1.807, 2.05) is 12.1 Å². The summed E-state index contributed by atoms with van der Waals surface area (Å²) in [6, 6.07) is 7.35. The van der Waals surface area contributed by atoms with Crippen LogP contribution in [0.4, 0.5) is 5.69 Å². The number of aromatic nitrogens is 1. The van der Waals surface area contributed by atoms with Gasteiger partial charge in [-0.1, -0.05) is 11.6 Å². The van der Waals surface area contributed by atoms with Gasteiger partial charge in [0, 0.05) is 30.4 Å². The minimum Gasteiger partial charge on any atom is -0.380 e. The van der Waals surface area contributed by atoms with Crippen LogP contribution >= 0.6 is 11.6 Å². The van der Waals surface area contributed by atoms with Crippen LogP contribution in [-0.2, 0) is 17.8 Å². The molecule has 0 radical (unpaired) electrons. The number of benzene rings is 1. The third kappa shape index (κ3) is 2.77. The summed E-state index contributed by atoms with van der Waals surface area (Å²) in [5.41, 5.74) is 3.47. The van der Waals surface area contributed by atoms with Crippen molar-refractivity contribution in [1.29, 1.82) is 0 Å². The van der Waals surface area contributed by atoms with Crippen molar-refractivity contribution < 1.29 is 9.53 Å². The quantitative estimate of drug-likeness (QED) is 0.875. The van der Waals surface area contributed by atoms with Crippen molar-refractivity contribution in [2.24, 2.45) is 0 Å². The summed E-state index contributed by atoms with van der Waals surface area (Å²) in [7, 11) is 1.64. The third-order valence-electron chi connectivity index (χ3n) is 3.55. The van der Waals surface area contributed by atoms with E-state index in [2.05, 4.69) is 4.98 Å². The number of nitrogens with zero attached hydrogens (tertiary/aromatic N) is 2. The number of carbonyl (C=O) groups is 1. The van der Waals surface area contributed by atoms with Crippen LogP contribution in [0.3, 0.4) is 0 Å². The lowest BCUT2D eigenvalue weighted by atomic mass is 9.98. The summed E-state index contributed by atoms with van der Waals surface area (Å²) in [6.07, 6.45) is 4.24. The topological polar surface area (TPSA) is 42.4 Å². The molecule has 1 aliphatic rings. The Morgan fingerprint density at radius 2 is 2.19 bits per heavy atom. The van der Waals surface area contributed by atoms with Gasteiger partial charge in [0.2, 0.25) is 0 Å². The van der Waals surface area contributed by atoms with Gasteiger partial charge >= 0.3 is 0 Å². The van der Waals surface area contributed by atoms with Crippen LogP contribution in [0, 0.1) is 0 Å². The molecule has 0 saturated heterocycles. The highest BCUT2D eigenvalue weighted by atomic mass is 35.5. The molecular weight excluding hydrogens is 288 g/mol. The molecule has 0 atom stereocenters. The number of anilines is 1. The van der Waals surface area contributed by atoms with Gasteiger partial charge in [-0.2, -0.15) is 0 Å². The van der Waals surface area contributed by atoms with Gasteiger partial charge in [-0.05, 0) is 41.8 Å². The lowest BCUT2D eigenvalue weighted by Gasteiger charge is -2.28. The average Bonchev–Trinajstić information content (AvgIpc) is 2.48. The van der Waals surface area contributed by atoms with Crippen molar-refractivity contribution in [3.63, 3.8) is 0 Å². The van der Waals surface area contributed by atoms with E-state index in [-0.39, 0.29) is 5.91 Å². The van der Waals surface area contributed by atoms with Gasteiger partial charge in [0.1, 0.15) is 0 Å². The molecule has 0 saturated carbocycles. The molecule has 0 N–H and O–H groups in total. The average molecular weight is 303 g/mol. The van der Waals surface area contributed by atoms with Crippen LogP contribution in [0.2, 0.25) is 5.02 Å². The SMILES string of the molecule is COCc1cncc(N2CCc3cc(Cl)ccc3C2=O)c1. The van der Waals surface area contributed by atoms with Crippen LogP contribution in [0.15, 0.2) is 36.7 Å². The smallest absolute Gasteiger partial charge is 0.258 e. The van der Waals surface area contributed by atoms with E-state index < -0.39 is 0 Å². The van der Waals surface area contributed by atoms with E-state index in [1.165, 1.54) is 0 Å². The minimum atomic E-state index is -0.00992. The molecule has 0 bridgehead atoms. The van der Waals surface area contributed by atoms with Crippen LogP contribution in [0.1, 0.15) is 21.5 Å². The fraction of sp³-hybridized carbons (Fsp3) is 0.250. The van der Waals surface area contributed by atoms with Crippen molar-refractivity contribution in [3.8, 4) is 0 Å². The number of amides is 1. The molecule has 1 amide bonds. The van der Waals surface area contributed by atoms with E-state index in [0.717, 1.165) is 23.2 Å². The molecule has 108 valence electrons. The Morgan fingerprint density at radius 1 is 1.33 bits per heavy atom. The Labute approximate surface area is 128 Å². The van der Waals surface area contributed by atoms with Crippen molar-refractivity contribution in [3.05, 3.63) is 58.4 Å². The first-order valence-electron chi connectivity index (χ1n) is 6.72. The molecule has 0 fully saturated rings. The Balaban J connectivity index is 1.93. The highest BCUT2D eigenvalue weighted by molar-refractivity contribution is 6.30. The first-order chi connectivity index (χ1) is 10.2. The summed E-state index contributed by atoms with van der Waals surface area (Å²) in [5, 5.41) is 0.666. The zero-order chi connectivity index (χ0) is 14.8. The van der Waals surface area contributed by atoms with Crippen molar-refractivity contribution >= 4 is 23.2 Å². The predicted octanol–water partition coefficient (Wildman–Crippen LogP) is 3.08. The summed E-state index contributed by atoms with van der Waals surface area (Å²) >= 11 is 5.98. The van der Waals surface area contributed by atoms with Gasteiger partial charge in [-0.15, -0.1) is 0 Å². The van der Waals surface area contributed by atoms with Crippen molar-refractivity contribution in [2.45, 2.75) is 13.0 Å². The molecule has 0 unspecified atom stereocenters. The maximum atomic E-state index is 12.6. The highest BCUT2D eigenvalue weighted by Gasteiger charge is 2.25. The lowest BCUT2D eigenvalue weighted by molar-refractivity contribution is 0.0980. The first kappa shape index (κ1) is 14.0. The molecule has 1 aromatic carbocycles. The fourth-order valence-electron chi connectivity index (χ4n) is 2.57. The number of pyridine rings is 1. The van der Waals surface area contributed by atoms with Crippen LogP contribution < -0.4 is 4.90 Å². The second-order valence-corrected chi connectivity index (χ2v) is 5.43. The summed E-state index contributed by atoms with van der Waals surface area (Å²) in [5.74, 6) is -0.00992. The van der Waals surface area contributed by atoms with Gasteiger partial charge in [-0.3, -0.25) is 9.78 Å². The van der Waals surface area contributed by atoms with E-state index in [9.17, 15) is 4.79 Å². The minimum absolute atomic E-state index is 0.00992. The van der Waals surface area contributed by atoms with E-state index >= 15 is 0 Å². The number of hydrogen-bond acceptors (Lipinski definition) is 3. The maximum absolute atomic E-state index is 12.6. The summed E-state index contributed by atoms with van der Waals surface area (Å²) in [4.78, 5) is 18.6. The van der Waals surface area contributed by atoms with E-state index in [0.29, 0.717) is 23.7 Å². The number of ether oxygens (including phenoxy) is 1. The largest absolute Gasteiger partial charge is 0.380 e. The molecule has 21 heavy (non-hydrogen) atoms. The monoisotopic (exact) mass is 302 g/mol. The van der Waals surface area contributed by atoms with Crippen LogP contribution in [-0.4, -0.2) is 24.5 Å². The van der Waals surface area contributed by atoms with Gasteiger partial charge in [-0.25, -0.2) is 0 Å². The third-order valence-corrected chi connectivity index (χ3v) is 3.79. The number of carbonyl (C=O) groups excluding carboxylic acids is 1. The Hall–Kier alpha value is -1.91. The normalized spacial score (nSPS) is 14.2. The molecule has 4 nitrogen and oxygen atoms in total. The molecule has 5 heteroatoms. The van der Waals surface area contributed by atoms with Crippen LogP contribution in [0.25, 0.3) is 0 Å². The second-order valence-electron chi connectivity index (χ2n) is 4.99. The number of fused-ring (bicyclic) bond motifs is 1. The Morgan fingerprint density at radius 3 is 3.00 bits per heavy atom. The molecule has 0 spiro atoms. The highest BCUT2D eigenvalue weighted by Crippen LogP contribution is 2.26. The van der Waals surface area contributed by atoms with Crippen molar-refractivity contribution in [2.75, 3.05) is 18.6 Å². The molecule has 0 aliphatic carbocycles. The molecular formula is C16H15ClN2O2. The summed E-state index contributed by atoms with van der Waals surface area (Å²) < 4.78 is 5.11.